The number of aromatic nitrogens is 11. The van der Waals surface area contributed by atoms with Gasteiger partial charge in [0, 0.05) is 124 Å². The Hall–Kier alpha value is -8.61. The number of aliphatic hydroxyl groups excluding tert-OH is 1. The van der Waals surface area contributed by atoms with Gasteiger partial charge in [-0.2, -0.15) is 0 Å². The van der Waals surface area contributed by atoms with Crippen LogP contribution in [0.1, 0.15) is 309 Å². The minimum absolute atomic E-state index is 0. The van der Waals surface area contributed by atoms with Crippen molar-refractivity contribution in [3.8, 4) is 0 Å². The Balaban J connectivity index is 0.00000128. The highest BCUT2D eigenvalue weighted by Crippen LogP contribution is 2.32. The first-order chi connectivity index (χ1) is 53.4. The number of nitrogen functional groups attached to an aromatic ring is 1. The topological polar surface area (TPSA) is 192 Å². The van der Waals surface area contributed by atoms with Gasteiger partial charge < -0.3 is 15.3 Å². The van der Waals surface area contributed by atoms with Gasteiger partial charge in [-0.05, 0) is 152 Å². The number of thiazole rings is 1. The number of nitrogens with zero attached hydrogens (tertiary/aromatic N) is 11. The molecule has 0 spiro atoms. The van der Waals surface area contributed by atoms with Gasteiger partial charge in [0.25, 0.3) is 0 Å². The molecule has 0 bridgehead atoms. The molecule has 11 aromatic heterocycles. The Morgan fingerprint density at radius 1 is 0.398 bits per heavy atom. The van der Waals surface area contributed by atoms with Gasteiger partial charge >= 0.3 is 0 Å². The van der Waals surface area contributed by atoms with Crippen LogP contribution < -0.4 is 10.3 Å². The average Bonchev–Trinajstić information content (AvgIpc) is 1.43. The van der Waals surface area contributed by atoms with Crippen molar-refractivity contribution in [2.24, 2.45) is 7.05 Å². The summed E-state index contributed by atoms with van der Waals surface area (Å²) in [4.78, 5) is 41.8. The van der Waals surface area contributed by atoms with Crippen LogP contribution in [-0.4, -0.2) is 54.9 Å². The molecule has 0 aliphatic carbocycles. The van der Waals surface area contributed by atoms with Gasteiger partial charge in [0.2, 0.25) is 6.20 Å². The van der Waals surface area contributed by atoms with Gasteiger partial charge in [-0.25, -0.2) is 23.3 Å². The van der Waals surface area contributed by atoms with E-state index in [-0.39, 0.29) is 85.2 Å². The lowest BCUT2D eigenvalue weighted by molar-refractivity contribution is -0.673. The number of pyridine rings is 8. The van der Waals surface area contributed by atoms with E-state index in [4.69, 9.17) is 38.5 Å². The Morgan fingerprint density at radius 2 is 0.890 bits per heavy atom. The van der Waals surface area contributed by atoms with Crippen LogP contribution >= 0.6 is 34.5 Å². The molecule has 0 aliphatic heterocycles. The molecule has 3 N–H and O–H groups in total. The van der Waals surface area contributed by atoms with E-state index in [1.807, 2.05) is 165 Å². The summed E-state index contributed by atoms with van der Waals surface area (Å²) in [7, 11) is 1.82. The van der Waals surface area contributed by atoms with Crippen molar-refractivity contribution in [1.82, 2.24) is 49.8 Å². The van der Waals surface area contributed by atoms with Gasteiger partial charge in [-0.15, -0.1) is 11.3 Å². The van der Waals surface area contributed by atoms with Crippen molar-refractivity contribution in [2.75, 3.05) is 5.73 Å². The van der Waals surface area contributed by atoms with Crippen LogP contribution in [0.3, 0.4) is 0 Å². The van der Waals surface area contributed by atoms with Crippen LogP contribution in [0.5, 0.6) is 0 Å². The number of halogens is 4. The minimum Gasteiger partial charge on any atom is -0.463 e. The quantitative estimate of drug-likeness (QED) is 0.148. The highest BCUT2D eigenvalue weighted by molar-refractivity contribution is 7.09. The van der Waals surface area contributed by atoms with Gasteiger partial charge in [-0.3, -0.25) is 39.9 Å². The summed E-state index contributed by atoms with van der Waals surface area (Å²) in [5.41, 5.74) is 19.2. The maximum atomic E-state index is 13.3. The number of aryl methyl sites for hydroxylation is 2. The molecule has 11 aromatic rings. The Bertz CT molecular complexity index is 4220. The lowest BCUT2D eigenvalue weighted by Crippen LogP contribution is -2.29. The summed E-state index contributed by atoms with van der Waals surface area (Å²) >= 11 is 13.6. The third-order valence-electron chi connectivity index (χ3n) is 16.9. The van der Waals surface area contributed by atoms with E-state index in [0.717, 1.165) is 61.1 Å². The molecule has 0 atom stereocenters. The van der Waals surface area contributed by atoms with E-state index >= 15 is 0 Å². The SMILES string of the molecule is C.CC(C)(C)c1ccc(CO)o1.CC(C)(C)c1ccccn1.CC(C)(C)c1cccnc1.CC(C)(C)c1ccncc1.CC(C)(C)c1ccncc1Cl.CC(C)(C)c1ccncc1F.CC(C)(C)c1ccncc1N.CC(C)(C)c1cncs1.CC(C)(C)c1ncccc1Cl.C[n+]1ccc(C(C)(C)C)c(F)c1.Cc1nccc(C(C)(C)C)n1. The molecule has 0 radical (unpaired) electrons. The smallest absolute Gasteiger partial charge is 0.204 e. The molecule has 11 heterocycles. The van der Waals surface area contributed by atoms with Gasteiger partial charge in [0.05, 0.1) is 39.3 Å². The fourth-order valence-electron chi connectivity index (χ4n) is 9.96. The molecule has 0 saturated heterocycles. The van der Waals surface area contributed by atoms with Gasteiger partial charge in [0.15, 0.2) is 12.0 Å². The summed E-state index contributed by atoms with van der Waals surface area (Å²) in [5.74, 6) is 2.04. The van der Waals surface area contributed by atoms with Crippen molar-refractivity contribution in [2.45, 2.75) is 309 Å². The lowest BCUT2D eigenvalue weighted by Gasteiger charge is -2.20. The van der Waals surface area contributed by atoms with E-state index in [9.17, 15) is 8.78 Å². The second-order valence-corrected chi connectivity index (χ2v) is 41.3. The maximum Gasteiger partial charge on any atom is 0.204 e. The fraction of sp³-hybridized carbons (Fsp3) is 0.485. The predicted molar refractivity (Wildman–Crippen MR) is 498 cm³/mol. The highest BCUT2D eigenvalue weighted by atomic mass is 35.5. The third-order valence-corrected chi connectivity index (χ3v) is 18.7. The first kappa shape index (κ1) is 109. The molecular weight excluding hydrogens is 1530 g/mol. The molecule has 14 nitrogen and oxygen atoms in total. The standard InChI is InChI=1S/C10H15FN.2C9H12ClN.C9H12FN.2C9H14N2.3C9H13N.C9H14O2.C7H11NS.CH4/c1-10(2,3)8-5-6-12(4)7-9(8)11;1-9(2,3)7-4-5-11-6-8(7)10;1-9(2,3)8-7(10)5-4-6-11-8;1-9(2,3)7-4-5-11-6-8(7)10;1-7-10-6-5-8(11-7)9(2,3)4;1-9(2,3)7-4-5-11-6-8(7)10;1-9(2,3)8-4-6-10-7-5-8;1-9(2,3)8-5-4-6-10-7-8;1-9(2,3)8-6-4-5-7-10-8;1-9(2,3)8-5-4-7(6-10)11-8;1-7(2,3)6-4-8-5-9-6;/h5-7H,1-4H3;3*4-6H,1-3H3;5-6H,1-4H3;4-6H,10H2,1-3H3;3*4-7H,1-3H3;4-5,10H,6H2,1-3H3;4-5H,1-3H3;1H4/q+1;;;;;;;;;;;. The number of aliphatic hydroxyl groups is 1. The molecule has 0 unspecified atom stereocenters. The molecule has 0 aromatic carbocycles. The van der Waals surface area contributed by atoms with Crippen molar-refractivity contribution < 1.29 is 22.9 Å². The first-order valence-corrected chi connectivity index (χ1v) is 41.3. The lowest BCUT2D eigenvalue weighted by atomic mass is 9.87. The first-order valence-electron chi connectivity index (χ1n) is 39.7. The van der Waals surface area contributed by atoms with E-state index < -0.39 is 0 Å². The van der Waals surface area contributed by atoms with Crippen molar-refractivity contribution >= 4 is 40.2 Å². The molecular formula is C99H147Cl2F2N12O2S+. The zero-order chi connectivity index (χ0) is 90.0. The van der Waals surface area contributed by atoms with Crippen LogP contribution in [0.15, 0.2) is 206 Å². The van der Waals surface area contributed by atoms with Crippen LogP contribution in [-0.2, 0) is 73.2 Å². The molecule has 0 saturated carbocycles. The van der Waals surface area contributed by atoms with Crippen molar-refractivity contribution in [3.05, 3.63) is 296 Å². The predicted octanol–water partition coefficient (Wildman–Crippen LogP) is 26.9. The molecule has 648 valence electrons. The summed E-state index contributed by atoms with van der Waals surface area (Å²) in [6, 6.07) is 31.1. The second kappa shape index (κ2) is 48.6. The number of furan rings is 1. The van der Waals surface area contributed by atoms with Crippen molar-refractivity contribution in [1.29, 1.82) is 0 Å². The van der Waals surface area contributed by atoms with Crippen molar-refractivity contribution in [3.63, 3.8) is 0 Å². The Kier molecular flexibility index (Phi) is 45.0. The minimum atomic E-state index is -0.222. The average molecular weight is 1680 g/mol. The monoisotopic (exact) mass is 1680 g/mol. The molecule has 19 heteroatoms. The number of rotatable bonds is 1. The van der Waals surface area contributed by atoms with Crippen LogP contribution in [0.25, 0.3) is 0 Å². The van der Waals surface area contributed by atoms with Gasteiger partial charge in [-0.1, -0.05) is 271 Å². The Labute approximate surface area is 726 Å². The normalized spacial score (nSPS) is 11.6. The maximum absolute atomic E-state index is 13.3. The molecule has 118 heavy (non-hydrogen) atoms. The summed E-state index contributed by atoms with van der Waals surface area (Å²) in [6.07, 6.45) is 27.9. The zero-order valence-corrected chi connectivity index (χ0v) is 79.9. The molecule has 0 fully saturated rings. The van der Waals surface area contributed by atoms with E-state index in [2.05, 4.69) is 261 Å². The summed E-state index contributed by atoms with van der Waals surface area (Å²) < 4.78 is 33.4. The zero-order valence-electron chi connectivity index (χ0n) is 77.5. The summed E-state index contributed by atoms with van der Waals surface area (Å²) in [6.45, 7) is 71.8. The molecule has 0 aliphatic rings. The van der Waals surface area contributed by atoms with Crippen LogP contribution in [0.4, 0.5) is 14.5 Å². The third kappa shape index (κ3) is 43.9. The number of hydrogen-bond acceptors (Lipinski definition) is 14. The number of anilines is 1. The largest absolute Gasteiger partial charge is 0.463 e. The van der Waals surface area contributed by atoms with Crippen LogP contribution in [0.2, 0.25) is 10.0 Å². The fourth-order valence-corrected chi connectivity index (χ4v) is 11.5. The molecule has 0 amide bonds. The van der Waals surface area contributed by atoms with E-state index in [0.29, 0.717) is 11.3 Å². The van der Waals surface area contributed by atoms with E-state index in [1.54, 1.807) is 71.4 Å². The Morgan fingerprint density at radius 3 is 1.20 bits per heavy atom. The number of nitrogens with two attached hydrogens (primary N) is 1. The summed E-state index contributed by atoms with van der Waals surface area (Å²) in [5, 5.41) is 10.2. The number of hydrogen-bond donors (Lipinski definition) is 2. The van der Waals surface area contributed by atoms with Crippen LogP contribution in [0, 0.1) is 18.6 Å². The van der Waals surface area contributed by atoms with E-state index in [1.165, 1.54) is 28.4 Å². The van der Waals surface area contributed by atoms with Gasteiger partial charge in [0.1, 0.15) is 36.8 Å². The second-order valence-electron chi connectivity index (χ2n) is 39.6. The highest BCUT2D eigenvalue weighted by Gasteiger charge is 2.24. The molecule has 11 rings (SSSR count).